The average molecular weight is 374 g/mol. The molecule has 0 aliphatic carbocycles. The number of fused-ring (bicyclic) bond motifs is 1. The zero-order valence-corrected chi connectivity index (χ0v) is 15.3. The van der Waals surface area contributed by atoms with Crippen molar-refractivity contribution < 1.29 is 28.7 Å². The van der Waals surface area contributed by atoms with Gasteiger partial charge in [0.15, 0.2) is 6.61 Å². The van der Waals surface area contributed by atoms with Gasteiger partial charge in [0.25, 0.3) is 5.91 Å². The van der Waals surface area contributed by atoms with Crippen molar-refractivity contribution in [2.45, 2.75) is 39.0 Å². The zero-order chi connectivity index (χ0) is 19.6. The number of nitrogens with zero attached hydrogens (tertiary/aromatic N) is 2. The molecule has 2 aliphatic rings. The largest absolute Gasteiger partial charge is 0.456 e. The number of likely N-dealkylation sites (tertiary alicyclic amines) is 2. The van der Waals surface area contributed by atoms with Crippen LogP contribution < -0.4 is 0 Å². The lowest BCUT2D eigenvalue weighted by atomic mass is 10.0. The van der Waals surface area contributed by atoms with Gasteiger partial charge < -0.3 is 14.4 Å². The number of hydrogen-bond acceptors (Lipinski definition) is 6. The molecule has 0 spiro atoms. The van der Waals surface area contributed by atoms with Crippen LogP contribution in [0, 0.1) is 5.92 Å². The van der Waals surface area contributed by atoms with Crippen LogP contribution in [0.1, 0.15) is 25.8 Å². The highest BCUT2D eigenvalue weighted by molar-refractivity contribution is 6.00. The molecule has 27 heavy (non-hydrogen) atoms. The van der Waals surface area contributed by atoms with Crippen LogP contribution in [0.25, 0.3) is 0 Å². The van der Waals surface area contributed by atoms with Crippen LogP contribution in [0.4, 0.5) is 4.79 Å². The number of amides is 3. The normalized spacial score (nSPS) is 23.9. The maximum absolute atomic E-state index is 12.5. The summed E-state index contributed by atoms with van der Waals surface area (Å²) in [5, 5.41) is 0. The van der Waals surface area contributed by atoms with E-state index in [9.17, 15) is 19.2 Å². The summed E-state index contributed by atoms with van der Waals surface area (Å²) < 4.78 is 10.1. The molecule has 3 rings (SSSR count). The minimum Gasteiger partial charge on any atom is -0.456 e. The number of imide groups is 1. The van der Waals surface area contributed by atoms with Crippen molar-refractivity contribution >= 4 is 23.9 Å². The highest BCUT2D eigenvalue weighted by Crippen LogP contribution is 2.36. The smallest absolute Gasteiger partial charge is 0.410 e. The van der Waals surface area contributed by atoms with Gasteiger partial charge in [-0.15, -0.1) is 0 Å². The Hall–Kier alpha value is -2.90. The van der Waals surface area contributed by atoms with Crippen molar-refractivity contribution in [3.05, 3.63) is 35.9 Å². The molecule has 0 aromatic heterocycles. The standard InChI is InChI=1S/C19H22N2O6/c1-12-17-15(21(18(12)24)16(23)11-26-13(2)22)8-9-20(17)19(25)27-10-14-6-4-3-5-7-14/h3-7,12,15,17H,8-11H2,1-2H3/t12-,15+,17-/m1/s1. The predicted octanol–water partition coefficient (Wildman–Crippen LogP) is 1.33. The van der Waals surface area contributed by atoms with Crippen LogP contribution in [-0.4, -0.2) is 58.9 Å². The number of esters is 1. The van der Waals surface area contributed by atoms with E-state index in [4.69, 9.17) is 9.47 Å². The highest BCUT2D eigenvalue weighted by atomic mass is 16.6. The minimum absolute atomic E-state index is 0.144. The van der Waals surface area contributed by atoms with Crippen molar-refractivity contribution in [2.24, 2.45) is 5.92 Å². The summed E-state index contributed by atoms with van der Waals surface area (Å²) in [6, 6.07) is 8.47. The highest BCUT2D eigenvalue weighted by Gasteiger charge is 2.55. The first kappa shape index (κ1) is 18.9. The van der Waals surface area contributed by atoms with Gasteiger partial charge in [0.05, 0.1) is 18.0 Å². The van der Waals surface area contributed by atoms with Crippen molar-refractivity contribution in [1.29, 1.82) is 0 Å². The molecule has 0 N–H and O–H groups in total. The van der Waals surface area contributed by atoms with Gasteiger partial charge >= 0.3 is 12.1 Å². The molecular weight excluding hydrogens is 352 g/mol. The van der Waals surface area contributed by atoms with E-state index >= 15 is 0 Å². The summed E-state index contributed by atoms with van der Waals surface area (Å²) in [5.74, 6) is -2.03. The molecule has 3 atom stereocenters. The Balaban J connectivity index is 1.66. The van der Waals surface area contributed by atoms with E-state index in [1.165, 1.54) is 11.8 Å². The molecule has 1 aromatic carbocycles. The van der Waals surface area contributed by atoms with E-state index in [0.717, 1.165) is 10.5 Å². The molecule has 2 fully saturated rings. The zero-order valence-electron chi connectivity index (χ0n) is 15.3. The summed E-state index contributed by atoms with van der Waals surface area (Å²) in [6.07, 6.45) is -0.0206. The summed E-state index contributed by atoms with van der Waals surface area (Å²) in [5.41, 5.74) is 0.871. The Bertz CT molecular complexity index is 750. The van der Waals surface area contributed by atoms with Gasteiger partial charge in [-0.3, -0.25) is 19.3 Å². The third-order valence-corrected chi connectivity index (χ3v) is 5.00. The van der Waals surface area contributed by atoms with Crippen LogP contribution in [0.5, 0.6) is 0 Å². The molecule has 144 valence electrons. The van der Waals surface area contributed by atoms with Crippen molar-refractivity contribution in [3.63, 3.8) is 0 Å². The lowest BCUT2D eigenvalue weighted by Crippen LogP contribution is -2.44. The average Bonchev–Trinajstić information content (AvgIpc) is 3.18. The number of hydrogen-bond donors (Lipinski definition) is 0. The van der Waals surface area contributed by atoms with E-state index in [0.29, 0.717) is 13.0 Å². The SMILES string of the molecule is CC(=O)OCC(=O)N1C(=O)[C@H](C)[C@@H]2[C@@H]1CCN2C(=O)OCc1ccccc1. The molecular formula is C19H22N2O6. The third kappa shape index (κ3) is 3.79. The Morgan fingerprint density at radius 3 is 2.52 bits per heavy atom. The Morgan fingerprint density at radius 1 is 1.15 bits per heavy atom. The van der Waals surface area contributed by atoms with Crippen molar-refractivity contribution in [3.8, 4) is 0 Å². The number of ether oxygens (including phenoxy) is 2. The van der Waals surface area contributed by atoms with Crippen LogP contribution in [0.3, 0.4) is 0 Å². The van der Waals surface area contributed by atoms with E-state index < -0.39 is 42.6 Å². The molecule has 2 aliphatic heterocycles. The fourth-order valence-corrected chi connectivity index (χ4v) is 3.77. The molecule has 0 unspecified atom stereocenters. The second kappa shape index (κ2) is 7.77. The van der Waals surface area contributed by atoms with Crippen LogP contribution >= 0.6 is 0 Å². The predicted molar refractivity (Wildman–Crippen MR) is 93.2 cm³/mol. The number of benzene rings is 1. The van der Waals surface area contributed by atoms with Gasteiger partial charge in [-0.05, 0) is 12.0 Å². The van der Waals surface area contributed by atoms with E-state index in [1.807, 2.05) is 30.3 Å². The fourth-order valence-electron chi connectivity index (χ4n) is 3.77. The number of carbonyl (C=O) groups excluding carboxylic acids is 4. The number of carbonyl (C=O) groups is 4. The summed E-state index contributed by atoms with van der Waals surface area (Å²) in [4.78, 5) is 51.0. The van der Waals surface area contributed by atoms with Gasteiger partial charge in [-0.1, -0.05) is 37.3 Å². The van der Waals surface area contributed by atoms with Gasteiger partial charge in [0.2, 0.25) is 5.91 Å². The fraction of sp³-hybridized carbons (Fsp3) is 0.474. The summed E-state index contributed by atoms with van der Waals surface area (Å²) in [6.45, 7) is 2.96. The Labute approximate surface area is 157 Å². The van der Waals surface area contributed by atoms with Crippen molar-refractivity contribution in [1.82, 2.24) is 9.80 Å². The minimum atomic E-state index is -0.586. The summed E-state index contributed by atoms with van der Waals surface area (Å²) in [7, 11) is 0. The topological polar surface area (TPSA) is 93.2 Å². The quantitative estimate of drug-likeness (QED) is 0.738. The Kier molecular flexibility index (Phi) is 5.43. The van der Waals surface area contributed by atoms with E-state index in [1.54, 1.807) is 6.92 Å². The van der Waals surface area contributed by atoms with Crippen LogP contribution in [0.2, 0.25) is 0 Å². The molecule has 0 bridgehead atoms. The maximum atomic E-state index is 12.5. The molecule has 8 heteroatoms. The second-order valence-corrected chi connectivity index (χ2v) is 6.75. The molecule has 0 saturated carbocycles. The summed E-state index contributed by atoms with van der Waals surface area (Å²) >= 11 is 0. The first-order valence-corrected chi connectivity index (χ1v) is 8.86. The monoisotopic (exact) mass is 374 g/mol. The first-order chi connectivity index (χ1) is 12.9. The first-order valence-electron chi connectivity index (χ1n) is 8.86. The molecule has 3 amide bonds. The molecule has 2 saturated heterocycles. The van der Waals surface area contributed by atoms with Gasteiger partial charge in [0, 0.05) is 13.5 Å². The lowest BCUT2D eigenvalue weighted by Gasteiger charge is -2.25. The molecule has 8 nitrogen and oxygen atoms in total. The second-order valence-electron chi connectivity index (χ2n) is 6.75. The Morgan fingerprint density at radius 2 is 1.85 bits per heavy atom. The van der Waals surface area contributed by atoms with Gasteiger partial charge in [-0.2, -0.15) is 0 Å². The van der Waals surface area contributed by atoms with E-state index in [-0.39, 0.29) is 12.5 Å². The van der Waals surface area contributed by atoms with E-state index in [2.05, 4.69) is 0 Å². The van der Waals surface area contributed by atoms with Crippen LogP contribution in [0.15, 0.2) is 30.3 Å². The molecule has 0 radical (unpaired) electrons. The van der Waals surface area contributed by atoms with Gasteiger partial charge in [0.1, 0.15) is 6.61 Å². The van der Waals surface area contributed by atoms with Crippen LogP contribution in [-0.2, 0) is 30.5 Å². The third-order valence-electron chi connectivity index (χ3n) is 5.00. The molecule has 2 heterocycles. The maximum Gasteiger partial charge on any atom is 0.410 e. The number of rotatable bonds is 4. The van der Waals surface area contributed by atoms with Crippen molar-refractivity contribution in [2.75, 3.05) is 13.2 Å². The molecule has 1 aromatic rings. The lowest BCUT2D eigenvalue weighted by molar-refractivity contribution is -0.155. The van der Waals surface area contributed by atoms with Gasteiger partial charge in [-0.25, -0.2) is 4.79 Å².